The standard InChI is InChI=1S/C21H32FN7O/c1-4-30-15-7-10-23-21(24-16-20-26-25-17(2)27(20)3)29-13-11-28(12-14-29)19-9-6-5-8-18(19)22/h5-6,8-9H,4,7,10-16H2,1-3H3,(H,23,24). The number of anilines is 1. The first-order valence-corrected chi connectivity index (χ1v) is 10.6. The zero-order chi connectivity index (χ0) is 21.3. The van der Waals surface area contributed by atoms with E-state index < -0.39 is 0 Å². The Labute approximate surface area is 177 Å². The molecule has 0 atom stereocenters. The van der Waals surface area contributed by atoms with E-state index in [1.165, 1.54) is 6.07 Å². The quantitative estimate of drug-likeness (QED) is 0.402. The molecule has 2 heterocycles. The summed E-state index contributed by atoms with van der Waals surface area (Å²) in [4.78, 5) is 9.11. The van der Waals surface area contributed by atoms with Gasteiger partial charge in [0.2, 0.25) is 0 Å². The van der Waals surface area contributed by atoms with Gasteiger partial charge in [-0.05, 0) is 32.4 Å². The maximum atomic E-state index is 14.1. The van der Waals surface area contributed by atoms with E-state index in [-0.39, 0.29) is 5.82 Å². The number of para-hydroxylation sites is 1. The molecule has 1 aromatic heterocycles. The summed E-state index contributed by atoms with van der Waals surface area (Å²) < 4.78 is 21.5. The normalized spacial score (nSPS) is 15.0. The Balaban J connectivity index is 1.63. The van der Waals surface area contributed by atoms with E-state index >= 15 is 0 Å². The van der Waals surface area contributed by atoms with Crippen molar-refractivity contribution in [1.29, 1.82) is 0 Å². The molecule has 8 nitrogen and oxygen atoms in total. The Bertz CT molecular complexity index is 831. The number of halogens is 1. The highest BCUT2D eigenvalue weighted by molar-refractivity contribution is 5.80. The minimum atomic E-state index is -0.174. The molecule has 2 aromatic rings. The number of guanidine groups is 1. The Morgan fingerprint density at radius 2 is 1.97 bits per heavy atom. The van der Waals surface area contributed by atoms with Gasteiger partial charge in [-0.3, -0.25) is 0 Å². The fraction of sp³-hybridized carbons (Fsp3) is 0.571. The van der Waals surface area contributed by atoms with E-state index in [9.17, 15) is 4.39 Å². The molecule has 1 aromatic carbocycles. The van der Waals surface area contributed by atoms with Crippen LogP contribution in [0.15, 0.2) is 29.3 Å². The molecule has 1 fully saturated rings. The van der Waals surface area contributed by atoms with Crippen molar-refractivity contribution in [2.75, 3.05) is 50.8 Å². The number of piperazine rings is 1. The SMILES string of the molecule is CCOCCCNC(=NCc1nnc(C)n1C)N1CCN(c2ccccc2F)CC1. The van der Waals surface area contributed by atoms with Crippen molar-refractivity contribution in [3.05, 3.63) is 41.7 Å². The summed E-state index contributed by atoms with van der Waals surface area (Å²) in [6.07, 6.45) is 0.908. The summed E-state index contributed by atoms with van der Waals surface area (Å²) >= 11 is 0. The third-order valence-corrected chi connectivity index (χ3v) is 5.28. The molecule has 3 rings (SSSR count). The summed E-state index contributed by atoms with van der Waals surface area (Å²) in [6, 6.07) is 6.94. The van der Waals surface area contributed by atoms with Gasteiger partial charge < -0.3 is 24.4 Å². The number of aromatic nitrogens is 3. The number of ether oxygens (including phenoxy) is 1. The van der Waals surface area contributed by atoms with Crippen molar-refractivity contribution < 1.29 is 9.13 Å². The monoisotopic (exact) mass is 417 g/mol. The van der Waals surface area contributed by atoms with Crippen LogP contribution >= 0.6 is 0 Å². The van der Waals surface area contributed by atoms with Gasteiger partial charge in [0.15, 0.2) is 11.8 Å². The molecule has 0 radical (unpaired) electrons. The highest BCUT2D eigenvalue weighted by Gasteiger charge is 2.21. The molecule has 1 aliphatic heterocycles. The Kier molecular flexibility index (Phi) is 8.01. The number of hydrogen-bond donors (Lipinski definition) is 1. The molecule has 164 valence electrons. The molecule has 9 heteroatoms. The van der Waals surface area contributed by atoms with Gasteiger partial charge in [-0.15, -0.1) is 10.2 Å². The first kappa shape index (κ1) is 22.0. The average molecular weight is 418 g/mol. The van der Waals surface area contributed by atoms with Gasteiger partial charge in [-0.2, -0.15) is 0 Å². The third-order valence-electron chi connectivity index (χ3n) is 5.28. The fourth-order valence-electron chi connectivity index (χ4n) is 3.39. The summed E-state index contributed by atoms with van der Waals surface area (Å²) in [5.41, 5.74) is 0.662. The van der Waals surface area contributed by atoms with Crippen LogP contribution in [0.3, 0.4) is 0 Å². The topological polar surface area (TPSA) is 70.8 Å². The van der Waals surface area contributed by atoms with E-state index in [0.29, 0.717) is 12.2 Å². The predicted octanol–water partition coefficient (Wildman–Crippen LogP) is 1.96. The van der Waals surface area contributed by atoms with E-state index in [1.807, 2.05) is 37.6 Å². The van der Waals surface area contributed by atoms with Crippen LogP contribution in [0.2, 0.25) is 0 Å². The molecule has 1 aliphatic rings. The number of benzene rings is 1. The third kappa shape index (κ3) is 5.69. The lowest BCUT2D eigenvalue weighted by molar-refractivity contribution is 0.145. The molecule has 0 spiro atoms. The first-order chi connectivity index (χ1) is 14.6. The highest BCUT2D eigenvalue weighted by Crippen LogP contribution is 2.20. The fourth-order valence-corrected chi connectivity index (χ4v) is 3.39. The summed E-state index contributed by atoms with van der Waals surface area (Å²) in [6.45, 7) is 9.63. The molecule has 0 aliphatic carbocycles. The molecule has 0 amide bonds. The second-order valence-corrected chi connectivity index (χ2v) is 7.27. The van der Waals surface area contributed by atoms with E-state index in [1.54, 1.807) is 6.07 Å². The van der Waals surface area contributed by atoms with Crippen LogP contribution < -0.4 is 10.2 Å². The number of nitrogens with zero attached hydrogens (tertiary/aromatic N) is 6. The minimum Gasteiger partial charge on any atom is -0.382 e. The summed E-state index contributed by atoms with van der Waals surface area (Å²) in [5, 5.41) is 11.8. The largest absolute Gasteiger partial charge is 0.382 e. The number of aryl methyl sites for hydroxylation is 1. The minimum absolute atomic E-state index is 0.174. The zero-order valence-electron chi connectivity index (χ0n) is 18.1. The Morgan fingerprint density at radius 1 is 1.20 bits per heavy atom. The van der Waals surface area contributed by atoms with Crippen LogP contribution in [0.5, 0.6) is 0 Å². The lowest BCUT2D eigenvalue weighted by Gasteiger charge is -2.37. The van der Waals surface area contributed by atoms with Gasteiger partial charge in [0.05, 0.1) is 5.69 Å². The maximum absolute atomic E-state index is 14.1. The number of rotatable bonds is 8. The lowest BCUT2D eigenvalue weighted by Crippen LogP contribution is -2.53. The van der Waals surface area contributed by atoms with Crippen LogP contribution in [0.4, 0.5) is 10.1 Å². The number of hydrogen-bond acceptors (Lipinski definition) is 5. The van der Waals surface area contributed by atoms with Crippen molar-refractivity contribution in [3.8, 4) is 0 Å². The summed E-state index contributed by atoms with van der Waals surface area (Å²) in [5.74, 6) is 2.36. The predicted molar refractivity (Wildman–Crippen MR) is 116 cm³/mol. The molecule has 1 N–H and O–H groups in total. The van der Waals surface area contributed by atoms with Crippen molar-refractivity contribution >= 4 is 11.6 Å². The van der Waals surface area contributed by atoms with Crippen LogP contribution in [-0.4, -0.2) is 71.6 Å². The van der Waals surface area contributed by atoms with Gasteiger partial charge in [0, 0.05) is 53.0 Å². The molecule has 0 bridgehead atoms. The van der Waals surface area contributed by atoms with Gasteiger partial charge >= 0.3 is 0 Å². The molecule has 1 saturated heterocycles. The average Bonchev–Trinajstić information content (AvgIpc) is 3.08. The lowest BCUT2D eigenvalue weighted by atomic mass is 10.2. The highest BCUT2D eigenvalue weighted by atomic mass is 19.1. The molecular weight excluding hydrogens is 385 g/mol. The maximum Gasteiger partial charge on any atom is 0.194 e. The second-order valence-electron chi connectivity index (χ2n) is 7.27. The van der Waals surface area contributed by atoms with Gasteiger partial charge in [-0.1, -0.05) is 12.1 Å². The van der Waals surface area contributed by atoms with Crippen LogP contribution in [0.25, 0.3) is 0 Å². The van der Waals surface area contributed by atoms with Crippen molar-refractivity contribution in [2.45, 2.75) is 26.8 Å². The second kappa shape index (κ2) is 10.9. The molecule has 0 unspecified atom stereocenters. The Morgan fingerprint density at radius 3 is 2.63 bits per heavy atom. The molecular formula is C21H32FN7O. The van der Waals surface area contributed by atoms with Crippen molar-refractivity contribution in [1.82, 2.24) is 25.0 Å². The molecule has 0 saturated carbocycles. The number of aliphatic imine (C=N–C) groups is 1. The van der Waals surface area contributed by atoms with Crippen LogP contribution in [-0.2, 0) is 18.3 Å². The molecule has 30 heavy (non-hydrogen) atoms. The Hall–Kier alpha value is -2.68. The number of nitrogens with one attached hydrogen (secondary N) is 1. The smallest absolute Gasteiger partial charge is 0.194 e. The van der Waals surface area contributed by atoms with Crippen molar-refractivity contribution in [3.63, 3.8) is 0 Å². The van der Waals surface area contributed by atoms with E-state index in [2.05, 4.69) is 25.3 Å². The summed E-state index contributed by atoms with van der Waals surface area (Å²) in [7, 11) is 1.95. The first-order valence-electron chi connectivity index (χ1n) is 10.6. The van der Waals surface area contributed by atoms with E-state index in [0.717, 1.165) is 70.0 Å². The van der Waals surface area contributed by atoms with Crippen LogP contribution in [0, 0.1) is 12.7 Å². The van der Waals surface area contributed by atoms with Crippen LogP contribution in [0.1, 0.15) is 25.0 Å². The zero-order valence-corrected chi connectivity index (χ0v) is 18.1. The van der Waals surface area contributed by atoms with Gasteiger partial charge in [0.25, 0.3) is 0 Å². The van der Waals surface area contributed by atoms with Gasteiger partial charge in [-0.25, -0.2) is 9.38 Å². The van der Waals surface area contributed by atoms with Gasteiger partial charge in [0.1, 0.15) is 18.2 Å². The van der Waals surface area contributed by atoms with E-state index in [4.69, 9.17) is 9.73 Å². The van der Waals surface area contributed by atoms with Crippen molar-refractivity contribution in [2.24, 2.45) is 12.0 Å².